The molecular weight excluding hydrogens is 390 g/mol. The lowest BCUT2D eigenvalue weighted by Crippen LogP contribution is -2.34. The van der Waals surface area contributed by atoms with Crippen molar-refractivity contribution in [3.63, 3.8) is 0 Å². The van der Waals surface area contributed by atoms with Gasteiger partial charge in [0.05, 0.1) is 12.7 Å². The van der Waals surface area contributed by atoms with Gasteiger partial charge in [-0.15, -0.1) is 0 Å². The van der Waals surface area contributed by atoms with Crippen LogP contribution in [0.1, 0.15) is 40.7 Å². The van der Waals surface area contributed by atoms with Gasteiger partial charge in [0, 0.05) is 34.9 Å². The number of thiophene rings is 1. The lowest BCUT2D eigenvalue weighted by molar-refractivity contribution is -0.142. The van der Waals surface area contributed by atoms with E-state index in [2.05, 4.69) is 4.90 Å². The number of esters is 1. The lowest BCUT2D eigenvalue weighted by atomic mass is 9.93. The Labute approximate surface area is 172 Å². The first kappa shape index (κ1) is 19.7. The van der Waals surface area contributed by atoms with Crippen LogP contribution in [0.15, 0.2) is 39.6 Å². The summed E-state index contributed by atoms with van der Waals surface area (Å²) in [7, 11) is 1.42. The van der Waals surface area contributed by atoms with Crippen LogP contribution in [0.3, 0.4) is 0 Å². The molecule has 3 aromatic rings. The first-order chi connectivity index (χ1) is 14.1. The van der Waals surface area contributed by atoms with Gasteiger partial charge in [-0.25, -0.2) is 0 Å². The summed E-state index contributed by atoms with van der Waals surface area (Å²) in [4.78, 5) is 26.7. The van der Waals surface area contributed by atoms with Crippen LogP contribution in [0.5, 0.6) is 5.75 Å². The predicted octanol–water partition coefficient (Wildman–Crippen LogP) is 4.21. The van der Waals surface area contributed by atoms with Crippen molar-refractivity contribution in [2.75, 3.05) is 20.2 Å². The quantitative estimate of drug-likeness (QED) is 0.482. The number of rotatable bonds is 6. The molecule has 0 radical (unpaired) electrons. The molecule has 1 aliphatic rings. The van der Waals surface area contributed by atoms with E-state index in [9.17, 15) is 14.7 Å². The van der Waals surface area contributed by atoms with E-state index in [0.29, 0.717) is 46.5 Å². The number of phenols is 1. The number of carbonyl (C=O) groups is 2. The normalized spacial score (nSPS) is 15.6. The largest absolute Gasteiger partial charge is 0.508 e. The van der Waals surface area contributed by atoms with Crippen LogP contribution in [-0.4, -0.2) is 42.0 Å². The van der Waals surface area contributed by atoms with Crippen LogP contribution in [-0.2, 0) is 16.1 Å². The second-order valence-electron chi connectivity index (χ2n) is 7.43. The van der Waals surface area contributed by atoms with E-state index >= 15 is 0 Å². The minimum atomic E-state index is -0.166. The van der Waals surface area contributed by atoms with Crippen LogP contribution in [0.25, 0.3) is 11.0 Å². The molecule has 6 nitrogen and oxygen atoms in total. The first-order valence-corrected chi connectivity index (χ1v) is 10.6. The number of likely N-dealkylation sites (tertiary alicyclic amines) is 1. The van der Waals surface area contributed by atoms with Crippen molar-refractivity contribution in [2.45, 2.75) is 25.8 Å². The summed E-state index contributed by atoms with van der Waals surface area (Å²) >= 11 is 1.47. The van der Waals surface area contributed by atoms with Crippen LogP contribution in [0, 0.1) is 5.92 Å². The molecule has 3 heterocycles. The third-order valence-corrected chi connectivity index (χ3v) is 6.31. The number of aromatic hydroxyl groups is 1. The highest BCUT2D eigenvalue weighted by Gasteiger charge is 2.25. The summed E-state index contributed by atoms with van der Waals surface area (Å²) in [5, 5.41) is 14.9. The number of ketones is 1. The fraction of sp³-hybridized carbons (Fsp3) is 0.364. The Morgan fingerprint density at radius 1 is 1.28 bits per heavy atom. The molecule has 152 valence electrons. The topological polar surface area (TPSA) is 80.0 Å². The molecule has 0 aliphatic carbocycles. The van der Waals surface area contributed by atoms with Crippen molar-refractivity contribution in [1.82, 2.24) is 4.90 Å². The molecule has 0 saturated carbocycles. The Bertz CT molecular complexity index is 1020. The molecule has 1 N–H and O–H groups in total. The standard InChI is InChI=1S/C22H23NO5S/c1-27-20(25)10-14-4-7-23(8-5-14)11-16-18(24)2-3-19-21(16)17(12-28-19)22(26)15-6-9-29-13-15/h2-3,6,9,12-14,24H,4-5,7-8,10-11H2,1H3. The zero-order valence-corrected chi connectivity index (χ0v) is 17.0. The molecule has 2 aromatic heterocycles. The summed E-state index contributed by atoms with van der Waals surface area (Å²) in [6.45, 7) is 2.17. The van der Waals surface area contributed by atoms with Crippen molar-refractivity contribution in [3.05, 3.63) is 51.9 Å². The van der Waals surface area contributed by atoms with Crippen molar-refractivity contribution < 1.29 is 23.8 Å². The van der Waals surface area contributed by atoms with Crippen molar-refractivity contribution in [3.8, 4) is 5.75 Å². The third-order valence-electron chi connectivity index (χ3n) is 5.62. The molecule has 0 amide bonds. The van der Waals surface area contributed by atoms with Crippen LogP contribution < -0.4 is 0 Å². The number of piperidine rings is 1. The molecule has 0 unspecified atom stereocenters. The van der Waals surface area contributed by atoms with E-state index < -0.39 is 0 Å². The predicted molar refractivity (Wildman–Crippen MR) is 110 cm³/mol. The second-order valence-corrected chi connectivity index (χ2v) is 8.21. The number of furan rings is 1. The van der Waals surface area contributed by atoms with Crippen molar-refractivity contribution in [1.29, 1.82) is 0 Å². The highest BCUT2D eigenvalue weighted by atomic mass is 32.1. The fourth-order valence-corrected chi connectivity index (χ4v) is 4.59. The molecular formula is C22H23NO5S. The smallest absolute Gasteiger partial charge is 0.305 e. The Morgan fingerprint density at radius 2 is 2.07 bits per heavy atom. The Morgan fingerprint density at radius 3 is 2.76 bits per heavy atom. The molecule has 4 rings (SSSR count). The maximum Gasteiger partial charge on any atom is 0.305 e. The highest BCUT2D eigenvalue weighted by Crippen LogP contribution is 2.34. The summed E-state index contributed by atoms with van der Waals surface area (Å²) < 4.78 is 10.4. The van der Waals surface area contributed by atoms with Gasteiger partial charge in [0.15, 0.2) is 5.78 Å². The van der Waals surface area contributed by atoms with Gasteiger partial charge in [0.1, 0.15) is 17.6 Å². The van der Waals surface area contributed by atoms with E-state index in [0.717, 1.165) is 25.9 Å². The number of ether oxygens (including phenoxy) is 1. The molecule has 1 aromatic carbocycles. The molecule has 1 aliphatic heterocycles. The van der Waals surface area contributed by atoms with Crippen LogP contribution >= 0.6 is 11.3 Å². The van der Waals surface area contributed by atoms with Crippen molar-refractivity contribution in [2.24, 2.45) is 5.92 Å². The van der Waals surface area contributed by atoms with Gasteiger partial charge in [-0.05, 0) is 55.4 Å². The van der Waals surface area contributed by atoms with Crippen LogP contribution in [0.2, 0.25) is 0 Å². The SMILES string of the molecule is COC(=O)CC1CCN(Cc2c(O)ccc3occ(C(=O)c4ccsc4)c23)CC1. The Balaban J connectivity index is 1.56. The number of phenolic OH excluding ortho intramolecular Hbond substituents is 1. The Hall–Kier alpha value is -2.64. The molecule has 0 atom stereocenters. The lowest BCUT2D eigenvalue weighted by Gasteiger charge is -2.31. The first-order valence-electron chi connectivity index (χ1n) is 9.65. The third kappa shape index (κ3) is 4.06. The summed E-state index contributed by atoms with van der Waals surface area (Å²) in [6, 6.07) is 5.10. The van der Waals surface area contributed by atoms with E-state index in [1.165, 1.54) is 24.7 Å². The van der Waals surface area contributed by atoms with E-state index in [1.807, 2.05) is 10.8 Å². The minimum Gasteiger partial charge on any atom is -0.508 e. The van der Waals surface area contributed by atoms with Gasteiger partial charge < -0.3 is 14.3 Å². The highest BCUT2D eigenvalue weighted by molar-refractivity contribution is 7.08. The second kappa shape index (κ2) is 8.39. The number of hydrogen-bond donors (Lipinski definition) is 1. The van der Waals surface area contributed by atoms with Gasteiger partial charge >= 0.3 is 5.97 Å². The number of hydrogen-bond acceptors (Lipinski definition) is 7. The van der Waals surface area contributed by atoms with E-state index in [-0.39, 0.29) is 17.5 Å². The average Bonchev–Trinajstić information content (AvgIpc) is 3.41. The van der Waals surface area contributed by atoms with Crippen LogP contribution in [0.4, 0.5) is 0 Å². The fourth-order valence-electron chi connectivity index (χ4n) is 3.96. The number of methoxy groups -OCH3 is 1. The van der Waals surface area contributed by atoms with Gasteiger partial charge in [-0.2, -0.15) is 11.3 Å². The van der Waals surface area contributed by atoms with E-state index in [4.69, 9.17) is 9.15 Å². The Kier molecular flexibility index (Phi) is 5.69. The summed E-state index contributed by atoms with van der Waals surface area (Å²) in [5.74, 6) is 0.220. The summed E-state index contributed by atoms with van der Waals surface area (Å²) in [6.07, 6.45) is 3.73. The zero-order chi connectivity index (χ0) is 20.4. The number of fused-ring (bicyclic) bond motifs is 1. The van der Waals surface area contributed by atoms with Gasteiger partial charge in [-0.1, -0.05) is 0 Å². The maximum atomic E-state index is 12.9. The molecule has 29 heavy (non-hydrogen) atoms. The van der Waals surface area contributed by atoms with Gasteiger partial charge in [0.2, 0.25) is 0 Å². The zero-order valence-electron chi connectivity index (χ0n) is 16.2. The average molecular weight is 413 g/mol. The number of nitrogens with zero attached hydrogens (tertiary/aromatic N) is 1. The van der Waals surface area contributed by atoms with E-state index in [1.54, 1.807) is 18.2 Å². The van der Waals surface area contributed by atoms with Crippen molar-refractivity contribution >= 4 is 34.1 Å². The molecule has 0 spiro atoms. The molecule has 1 saturated heterocycles. The minimum absolute atomic E-state index is 0.103. The van der Waals surface area contributed by atoms with Gasteiger partial charge in [0.25, 0.3) is 0 Å². The molecule has 1 fully saturated rings. The summed E-state index contributed by atoms with van der Waals surface area (Å²) in [5.41, 5.74) is 2.40. The maximum absolute atomic E-state index is 12.9. The van der Waals surface area contributed by atoms with Gasteiger partial charge in [-0.3, -0.25) is 14.5 Å². The number of benzene rings is 1. The molecule has 7 heteroatoms. The monoisotopic (exact) mass is 413 g/mol. The molecule has 0 bridgehead atoms. The number of carbonyl (C=O) groups excluding carboxylic acids is 2.